The fraction of sp³-hybridized carbons (Fsp3) is 0.611. The third-order valence-corrected chi connectivity index (χ3v) is 4.65. The van der Waals surface area contributed by atoms with E-state index < -0.39 is 0 Å². The highest BCUT2D eigenvalue weighted by molar-refractivity contribution is 5.76. The minimum Gasteiger partial charge on any atom is -0.342 e. The number of carbonyl (C=O) groups excluding carboxylic acids is 1. The van der Waals surface area contributed by atoms with Crippen molar-refractivity contribution in [1.82, 2.24) is 4.90 Å². The van der Waals surface area contributed by atoms with Gasteiger partial charge in [-0.3, -0.25) is 4.79 Å². The summed E-state index contributed by atoms with van der Waals surface area (Å²) in [5.41, 5.74) is 7.17. The number of piperidine rings is 1. The lowest BCUT2D eigenvalue weighted by Crippen LogP contribution is -2.43. The molecule has 1 saturated heterocycles. The summed E-state index contributed by atoms with van der Waals surface area (Å²) in [6, 6.07) is 10.8. The number of nitrogens with two attached hydrogens (primary N) is 1. The molecule has 3 unspecified atom stereocenters. The number of hydrogen-bond acceptors (Lipinski definition) is 2. The largest absolute Gasteiger partial charge is 0.342 e. The van der Waals surface area contributed by atoms with Crippen molar-refractivity contribution >= 4 is 5.91 Å². The van der Waals surface area contributed by atoms with Crippen LogP contribution in [0.2, 0.25) is 0 Å². The number of carbonyl (C=O) groups is 1. The van der Waals surface area contributed by atoms with Crippen LogP contribution in [0, 0.1) is 5.92 Å². The molecule has 1 amide bonds. The van der Waals surface area contributed by atoms with E-state index in [0.29, 0.717) is 18.3 Å². The van der Waals surface area contributed by atoms with Gasteiger partial charge in [0.2, 0.25) is 5.91 Å². The summed E-state index contributed by atoms with van der Waals surface area (Å²) in [6.07, 6.45) is 3.57. The van der Waals surface area contributed by atoms with E-state index in [1.165, 1.54) is 5.56 Å². The van der Waals surface area contributed by atoms with Crippen LogP contribution < -0.4 is 5.73 Å². The summed E-state index contributed by atoms with van der Waals surface area (Å²) in [5.74, 6) is 1.44. The molecule has 0 spiro atoms. The second-order valence-corrected chi connectivity index (χ2v) is 6.33. The van der Waals surface area contributed by atoms with Crippen molar-refractivity contribution in [2.45, 2.75) is 51.5 Å². The average molecular weight is 288 g/mol. The van der Waals surface area contributed by atoms with Crippen LogP contribution in [0.15, 0.2) is 30.3 Å². The highest BCUT2D eigenvalue weighted by Gasteiger charge is 2.30. The lowest BCUT2D eigenvalue weighted by atomic mass is 9.79. The molecule has 0 bridgehead atoms. The molecule has 1 aliphatic heterocycles. The predicted octanol–water partition coefficient (Wildman–Crippen LogP) is 3.16. The van der Waals surface area contributed by atoms with Gasteiger partial charge >= 0.3 is 0 Å². The summed E-state index contributed by atoms with van der Waals surface area (Å²) >= 11 is 0. The van der Waals surface area contributed by atoms with Crippen LogP contribution in [0.5, 0.6) is 0 Å². The molecule has 1 fully saturated rings. The average Bonchev–Trinajstić information content (AvgIpc) is 2.52. The van der Waals surface area contributed by atoms with Crippen molar-refractivity contribution in [3.05, 3.63) is 35.9 Å². The van der Waals surface area contributed by atoms with E-state index in [2.05, 4.69) is 42.2 Å². The molecule has 1 aromatic carbocycles. The first-order valence-corrected chi connectivity index (χ1v) is 8.20. The Morgan fingerprint density at radius 3 is 2.71 bits per heavy atom. The number of rotatable bonds is 5. The molecule has 3 heteroatoms. The number of benzene rings is 1. The third kappa shape index (κ3) is 4.31. The molecule has 0 aromatic heterocycles. The minimum atomic E-state index is 0.109. The van der Waals surface area contributed by atoms with Crippen molar-refractivity contribution in [3.63, 3.8) is 0 Å². The Morgan fingerprint density at radius 1 is 1.38 bits per heavy atom. The van der Waals surface area contributed by atoms with Gasteiger partial charge in [0, 0.05) is 25.6 Å². The molecule has 2 rings (SSSR count). The van der Waals surface area contributed by atoms with E-state index in [0.717, 1.165) is 32.4 Å². The second kappa shape index (κ2) is 7.60. The van der Waals surface area contributed by atoms with Gasteiger partial charge < -0.3 is 10.6 Å². The number of hydrogen-bond donors (Lipinski definition) is 1. The van der Waals surface area contributed by atoms with E-state index in [1.807, 2.05) is 6.92 Å². The number of amides is 1. The normalized spacial score (nSPS) is 23.9. The molecule has 3 nitrogen and oxygen atoms in total. The van der Waals surface area contributed by atoms with Gasteiger partial charge in [-0.2, -0.15) is 0 Å². The first kappa shape index (κ1) is 16.0. The minimum absolute atomic E-state index is 0.109. The quantitative estimate of drug-likeness (QED) is 0.904. The highest BCUT2D eigenvalue weighted by Crippen LogP contribution is 2.35. The Labute approximate surface area is 128 Å². The summed E-state index contributed by atoms with van der Waals surface area (Å²) in [4.78, 5) is 14.3. The molecule has 2 N–H and O–H groups in total. The zero-order chi connectivity index (χ0) is 15.2. The summed E-state index contributed by atoms with van der Waals surface area (Å²) < 4.78 is 0. The number of likely N-dealkylation sites (tertiary alicyclic amines) is 1. The zero-order valence-electron chi connectivity index (χ0n) is 13.3. The standard InChI is InChI=1S/C18H28N2O/c1-3-15-13-20(18(21)10-9-14(2)19)12-11-17(15)16-7-5-4-6-8-16/h4-8,14-15,17H,3,9-13,19H2,1-2H3. The molecular formula is C18H28N2O. The van der Waals surface area contributed by atoms with E-state index in [1.54, 1.807) is 0 Å². The summed E-state index contributed by atoms with van der Waals surface area (Å²) in [5, 5.41) is 0. The molecular weight excluding hydrogens is 260 g/mol. The molecule has 116 valence electrons. The maximum absolute atomic E-state index is 12.3. The highest BCUT2D eigenvalue weighted by atomic mass is 16.2. The lowest BCUT2D eigenvalue weighted by molar-refractivity contribution is -0.133. The zero-order valence-corrected chi connectivity index (χ0v) is 13.3. The Balaban J connectivity index is 1.96. The van der Waals surface area contributed by atoms with Crippen LogP contribution in [0.3, 0.4) is 0 Å². The van der Waals surface area contributed by atoms with Crippen molar-refractivity contribution in [2.75, 3.05) is 13.1 Å². The monoisotopic (exact) mass is 288 g/mol. The predicted molar refractivity (Wildman–Crippen MR) is 87.0 cm³/mol. The maximum atomic E-state index is 12.3. The van der Waals surface area contributed by atoms with Crippen molar-refractivity contribution < 1.29 is 4.79 Å². The van der Waals surface area contributed by atoms with Crippen LogP contribution in [-0.4, -0.2) is 29.9 Å². The fourth-order valence-corrected chi connectivity index (χ4v) is 3.32. The van der Waals surface area contributed by atoms with Crippen LogP contribution in [-0.2, 0) is 4.79 Å². The lowest BCUT2D eigenvalue weighted by Gasteiger charge is -2.38. The Bertz CT molecular complexity index is 444. The Morgan fingerprint density at radius 2 is 2.10 bits per heavy atom. The van der Waals surface area contributed by atoms with Gasteiger partial charge in [-0.15, -0.1) is 0 Å². The van der Waals surface area contributed by atoms with Crippen LogP contribution in [0.4, 0.5) is 0 Å². The summed E-state index contributed by atoms with van der Waals surface area (Å²) in [6.45, 7) is 5.97. The van der Waals surface area contributed by atoms with Crippen LogP contribution in [0.1, 0.15) is 51.0 Å². The SMILES string of the molecule is CCC1CN(C(=O)CCC(C)N)CCC1c1ccccc1. The topological polar surface area (TPSA) is 46.3 Å². The van der Waals surface area contributed by atoms with Gasteiger partial charge in [0.05, 0.1) is 0 Å². The fourth-order valence-electron chi connectivity index (χ4n) is 3.32. The first-order valence-electron chi connectivity index (χ1n) is 8.20. The smallest absolute Gasteiger partial charge is 0.222 e. The third-order valence-electron chi connectivity index (χ3n) is 4.65. The van der Waals surface area contributed by atoms with Gasteiger partial charge in [0.1, 0.15) is 0 Å². The van der Waals surface area contributed by atoms with Gasteiger partial charge in [0.15, 0.2) is 0 Å². The molecule has 0 saturated carbocycles. The van der Waals surface area contributed by atoms with Crippen molar-refractivity contribution in [1.29, 1.82) is 0 Å². The Kier molecular flexibility index (Phi) is 5.80. The molecule has 0 aliphatic carbocycles. The molecule has 3 atom stereocenters. The molecule has 21 heavy (non-hydrogen) atoms. The van der Waals surface area contributed by atoms with E-state index in [-0.39, 0.29) is 11.9 Å². The van der Waals surface area contributed by atoms with E-state index in [4.69, 9.17) is 5.73 Å². The van der Waals surface area contributed by atoms with Crippen molar-refractivity contribution in [3.8, 4) is 0 Å². The van der Waals surface area contributed by atoms with Gasteiger partial charge in [-0.25, -0.2) is 0 Å². The van der Waals surface area contributed by atoms with Gasteiger partial charge in [-0.1, -0.05) is 43.7 Å². The second-order valence-electron chi connectivity index (χ2n) is 6.33. The van der Waals surface area contributed by atoms with E-state index >= 15 is 0 Å². The molecule has 1 aliphatic rings. The van der Waals surface area contributed by atoms with Crippen LogP contribution in [0.25, 0.3) is 0 Å². The molecule has 0 radical (unpaired) electrons. The van der Waals surface area contributed by atoms with Gasteiger partial charge in [0.25, 0.3) is 0 Å². The Hall–Kier alpha value is -1.35. The number of nitrogens with zero attached hydrogens (tertiary/aromatic N) is 1. The van der Waals surface area contributed by atoms with Gasteiger partial charge in [-0.05, 0) is 37.2 Å². The van der Waals surface area contributed by atoms with Crippen LogP contribution >= 0.6 is 0 Å². The first-order chi connectivity index (χ1) is 10.1. The molecule has 1 aromatic rings. The van der Waals surface area contributed by atoms with E-state index in [9.17, 15) is 4.79 Å². The molecule has 1 heterocycles. The summed E-state index contributed by atoms with van der Waals surface area (Å²) in [7, 11) is 0. The van der Waals surface area contributed by atoms with Crippen molar-refractivity contribution in [2.24, 2.45) is 11.7 Å². The maximum Gasteiger partial charge on any atom is 0.222 e.